The molecule has 1 aromatic carbocycles. The number of carbonyl (C=O) groups is 1. The lowest BCUT2D eigenvalue weighted by Gasteiger charge is -2.18. The summed E-state index contributed by atoms with van der Waals surface area (Å²) < 4.78 is 0.946. The Kier molecular flexibility index (Phi) is 3.63. The van der Waals surface area contributed by atoms with Gasteiger partial charge in [-0.2, -0.15) is 0 Å². The Morgan fingerprint density at radius 3 is 3.05 bits per heavy atom. The quantitative estimate of drug-likeness (QED) is 0.878. The van der Waals surface area contributed by atoms with E-state index in [9.17, 15) is 4.79 Å². The topological polar surface area (TPSA) is 41.1 Å². The highest BCUT2D eigenvalue weighted by molar-refractivity contribution is 9.10. The maximum absolute atomic E-state index is 12.4. The zero-order valence-corrected chi connectivity index (χ0v) is 12.7. The third-order valence-corrected chi connectivity index (χ3v) is 5.07. The molecular formula is C15H19BrN2O. The number of hydrogen-bond acceptors (Lipinski definition) is 2. The molecule has 1 aliphatic carbocycles. The van der Waals surface area contributed by atoms with Crippen LogP contribution in [0, 0.1) is 18.8 Å². The molecule has 4 heteroatoms. The number of nitrogens with one attached hydrogen (secondary N) is 2. The zero-order valence-electron chi connectivity index (χ0n) is 11.1. The Bertz CT molecular complexity index is 503. The number of halogens is 1. The van der Waals surface area contributed by atoms with Gasteiger partial charge in [-0.1, -0.05) is 12.5 Å². The maximum atomic E-state index is 12.4. The van der Waals surface area contributed by atoms with Crippen LogP contribution < -0.4 is 10.6 Å². The molecule has 3 rings (SSSR count). The van der Waals surface area contributed by atoms with Gasteiger partial charge in [-0.15, -0.1) is 0 Å². The van der Waals surface area contributed by atoms with Crippen molar-refractivity contribution in [1.29, 1.82) is 0 Å². The number of aryl methyl sites for hydroxylation is 1. The smallest absolute Gasteiger partial charge is 0.241 e. The first-order valence-corrected chi connectivity index (χ1v) is 7.75. The number of amides is 1. The van der Waals surface area contributed by atoms with Gasteiger partial charge in [0.2, 0.25) is 5.91 Å². The molecule has 1 aliphatic heterocycles. The molecule has 0 bridgehead atoms. The summed E-state index contributed by atoms with van der Waals surface area (Å²) in [6.45, 7) is 3.04. The monoisotopic (exact) mass is 322 g/mol. The number of rotatable bonds is 2. The van der Waals surface area contributed by atoms with Crippen molar-refractivity contribution in [2.45, 2.75) is 32.2 Å². The van der Waals surface area contributed by atoms with Crippen molar-refractivity contribution >= 4 is 27.5 Å². The van der Waals surface area contributed by atoms with Crippen LogP contribution in [0.2, 0.25) is 0 Å². The van der Waals surface area contributed by atoms with Crippen molar-refractivity contribution in [2.75, 3.05) is 11.9 Å². The second-order valence-corrected chi connectivity index (χ2v) is 6.57. The number of benzene rings is 1. The average Bonchev–Trinajstić information content (AvgIpc) is 2.94. The third kappa shape index (κ3) is 2.56. The second kappa shape index (κ2) is 5.25. The fourth-order valence-electron chi connectivity index (χ4n) is 3.41. The van der Waals surface area contributed by atoms with Gasteiger partial charge in [0.1, 0.15) is 0 Å². The van der Waals surface area contributed by atoms with Crippen LogP contribution in [0.15, 0.2) is 22.7 Å². The van der Waals surface area contributed by atoms with E-state index in [-0.39, 0.29) is 11.9 Å². The average molecular weight is 323 g/mol. The van der Waals surface area contributed by atoms with Crippen LogP contribution in [0.25, 0.3) is 0 Å². The number of hydrogen-bond donors (Lipinski definition) is 2. The lowest BCUT2D eigenvalue weighted by atomic mass is 9.93. The van der Waals surface area contributed by atoms with E-state index in [1.165, 1.54) is 24.8 Å². The molecule has 1 saturated heterocycles. The molecule has 2 aliphatic rings. The summed E-state index contributed by atoms with van der Waals surface area (Å²) in [4.78, 5) is 12.4. The first-order valence-electron chi connectivity index (χ1n) is 6.95. The lowest BCUT2D eigenvalue weighted by Crippen LogP contribution is -2.39. The van der Waals surface area contributed by atoms with Crippen molar-refractivity contribution in [3.8, 4) is 0 Å². The van der Waals surface area contributed by atoms with Gasteiger partial charge in [-0.3, -0.25) is 4.79 Å². The largest absolute Gasteiger partial charge is 0.324 e. The predicted molar refractivity (Wildman–Crippen MR) is 80.1 cm³/mol. The second-order valence-electron chi connectivity index (χ2n) is 5.71. The molecule has 1 heterocycles. The van der Waals surface area contributed by atoms with E-state index in [0.29, 0.717) is 11.8 Å². The molecule has 3 nitrogen and oxygen atoms in total. The standard InChI is InChI=1S/C15H19BrN2O/c1-9-5-6-13(12(16)7-9)18-15(19)14-11-4-2-3-10(11)8-17-14/h5-7,10-11,14,17H,2-4,8H2,1H3,(H,18,19). The van der Waals surface area contributed by atoms with Gasteiger partial charge in [0.15, 0.2) is 0 Å². The molecule has 102 valence electrons. The van der Waals surface area contributed by atoms with E-state index >= 15 is 0 Å². The molecule has 0 radical (unpaired) electrons. The van der Waals surface area contributed by atoms with E-state index in [2.05, 4.69) is 26.6 Å². The first kappa shape index (κ1) is 13.1. The molecule has 0 aromatic heterocycles. The summed E-state index contributed by atoms with van der Waals surface area (Å²) in [6, 6.07) is 5.98. The minimum Gasteiger partial charge on any atom is -0.324 e. The molecule has 1 aromatic rings. The molecule has 2 fully saturated rings. The maximum Gasteiger partial charge on any atom is 0.241 e. The van der Waals surface area contributed by atoms with Crippen LogP contribution >= 0.6 is 15.9 Å². The Morgan fingerprint density at radius 2 is 2.26 bits per heavy atom. The summed E-state index contributed by atoms with van der Waals surface area (Å²) in [5, 5.41) is 6.43. The lowest BCUT2D eigenvalue weighted by molar-refractivity contribution is -0.118. The van der Waals surface area contributed by atoms with Crippen molar-refractivity contribution < 1.29 is 4.79 Å². The molecular weight excluding hydrogens is 304 g/mol. The Morgan fingerprint density at radius 1 is 1.42 bits per heavy atom. The fraction of sp³-hybridized carbons (Fsp3) is 0.533. The fourth-order valence-corrected chi connectivity index (χ4v) is 4.00. The summed E-state index contributed by atoms with van der Waals surface area (Å²) in [5.41, 5.74) is 2.04. The van der Waals surface area contributed by atoms with Crippen LogP contribution in [0.3, 0.4) is 0 Å². The van der Waals surface area contributed by atoms with E-state index in [0.717, 1.165) is 16.7 Å². The highest BCUT2D eigenvalue weighted by atomic mass is 79.9. The minimum atomic E-state index is -0.0132. The van der Waals surface area contributed by atoms with Crippen LogP contribution in [0.5, 0.6) is 0 Å². The van der Waals surface area contributed by atoms with Crippen molar-refractivity contribution in [1.82, 2.24) is 5.32 Å². The van der Waals surface area contributed by atoms with Crippen molar-refractivity contribution in [3.05, 3.63) is 28.2 Å². The van der Waals surface area contributed by atoms with Gasteiger partial charge in [0, 0.05) is 4.47 Å². The van der Waals surface area contributed by atoms with Crippen LogP contribution in [-0.4, -0.2) is 18.5 Å². The van der Waals surface area contributed by atoms with Gasteiger partial charge in [0.25, 0.3) is 0 Å². The molecule has 1 amide bonds. The van der Waals surface area contributed by atoms with Gasteiger partial charge < -0.3 is 10.6 Å². The predicted octanol–water partition coefficient (Wildman–Crippen LogP) is 3.08. The molecule has 3 unspecified atom stereocenters. The summed E-state index contributed by atoms with van der Waals surface area (Å²) >= 11 is 3.51. The van der Waals surface area contributed by atoms with Crippen LogP contribution in [0.1, 0.15) is 24.8 Å². The Labute approximate surface area is 122 Å². The van der Waals surface area contributed by atoms with E-state index in [1.807, 2.05) is 25.1 Å². The Hall–Kier alpha value is -0.870. The number of fused-ring (bicyclic) bond motifs is 1. The van der Waals surface area contributed by atoms with Crippen molar-refractivity contribution in [3.63, 3.8) is 0 Å². The van der Waals surface area contributed by atoms with Crippen LogP contribution in [0.4, 0.5) is 5.69 Å². The van der Waals surface area contributed by atoms with E-state index < -0.39 is 0 Å². The molecule has 2 N–H and O–H groups in total. The normalized spacial score (nSPS) is 29.3. The van der Waals surface area contributed by atoms with Gasteiger partial charge in [0.05, 0.1) is 11.7 Å². The molecule has 1 saturated carbocycles. The summed E-state index contributed by atoms with van der Waals surface area (Å²) in [6.07, 6.45) is 3.73. The van der Waals surface area contributed by atoms with E-state index in [4.69, 9.17) is 0 Å². The molecule has 19 heavy (non-hydrogen) atoms. The third-order valence-electron chi connectivity index (χ3n) is 4.41. The first-order chi connectivity index (χ1) is 9.15. The zero-order chi connectivity index (χ0) is 13.4. The summed E-state index contributed by atoms with van der Waals surface area (Å²) in [5.74, 6) is 1.35. The van der Waals surface area contributed by atoms with Gasteiger partial charge in [-0.05, 0) is 71.8 Å². The minimum absolute atomic E-state index is 0.0132. The van der Waals surface area contributed by atoms with Crippen LogP contribution in [-0.2, 0) is 4.79 Å². The SMILES string of the molecule is Cc1ccc(NC(=O)C2NCC3CCCC32)c(Br)c1. The molecule has 0 spiro atoms. The van der Waals surface area contributed by atoms with Gasteiger partial charge >= 0.3 is 0 Å². The number of anilines is 1. The van der Waals surface area contributed by atoms with Crippen molar-refractivity contribution in [2.24, 2.45) is 11.8 Å². The van der Waals surface area contributed by atoms with E-state index in [1.54, 1.807) is 0 Å². The summed E-state index contributed by atoms with van der Waals surface area (Å²) in [7, 11) is 0. The molecule has 3 atom stereocenters. The number of carbonyl (C=O) groups excluding carboxylic acids is 1. The van der Waals surface area contributed by atoms with Gasteiger partial charge in [-0.25, -0.2) is 0 Å². The highest BCUT2D eigenvalue weighted by Gasteiger charge is 2.42. The highest BCUT2D eigenvalue weighted by Crippen LogP contribution is 2.38. The Balaban J connectivity index is 1.71.